The number of aryl methyl sites for hydroxylation is 2. The summed E-state index contributed by atoms with van der Waals surface area (Å²) in [5.41, 5.74) is 4.19. The van der Waals surface area contributed by atoms with E-state index in [0.29, 0.717) is 28.9 Å². The molecular formula is C20H18ClN5O. The van der Waals surface area contributed by atoms with E-state index in [1.807, 2.05) is 56.3 Å². The highest BCUT2D eigenvalue weighted by Crippen LogP contribution is 2.25. The first-order chi connectivity index (χ1) is 13.0. The van der Waals surface area contributed by atoms with Gasteiger partial charge in [0.05, 0.1) is 22.9 Å². The predicted octanol–water partition coefficient (Wildman–Crippen LogP) is 3.97. The fraction of sp³-hybridized carbons (Fsp3) is 0.150. The number of hydrogen-bond acceptors (Lipinski definition) is 4. The summed E-state index contributed by atoms with van der Waals surface area (Å²) in [6.07, 6.45) is 0. The Balaban J connectivity index is 1.66. The Kier molecular flexibility index (Phi) is 4.41. The van der Waals surface area contributed by atoms with Gasteiger partial charge in [0.2, 0.25) is 0 Å². The van der Waals surface area contributed by atoms with Crippen molar-refractivity contribution in [2.75, 3.05) is 5.32 Å². The van der Waals surface area contributed by atoms with E-state index < -0.39 is 0 Å². The van der Waals surface area contributed by atoms with Crippen molar-refractivity contribution in [3.05, 3.63) is 80.7 Å². The summed E-state index contributed by atoms with van der Waals surface area (Å²) >= 11 is 6.31. The molecule has 6 nitrogen and oxygen atoms in total. The van der Waals surface area contributed by atoms with Crippen molar-refractivity contribution >= 4 is 23.1 Å². The number of hydrogen-bond donors (Lipinski definition) is 2. The van der Waals surface area contributed by atoms with Crippen LogP contribution in [0.1, 0.15) is 16.8 Å². The maximum atomic E-state index is 12.5. The molecule has 2 heterocycles. The third-order valence-corrected chi connectivity index (χ3v) is 4.94. The largest absolute Gasteiger partial charge is 0.378 e. The van der Waals surface area contributed by atoms with Crippen molar-refractivity contribution in [3.63, 3.8) is 0 Å². The van der Waals surface area contributed by atoms with Gasteiger partial charge in [0.1, 0.15) is 0 Å². The lowest BCUT2D eigenvalue weighted by molar-refractivity contribution is 0.878. The van der Waals surface area contributed by atoms with Crippen LogP contribution in [0.3, 0.4) is 0 Å². The van der Waals surface area contributed by atoms with Crippen molar-refractivity contribution < 1.29 is 0 Å². The molecule has 0 spiro atoms. The summed E-state index contributed by atoms with van der Waals surface area (Å²) in [6, 6.07) is 15.1. The molecule has 4 aromatic rings. The van der Waals surface area contributed by atoms with Gasteiger partial charge in [-0.1, -0.05) is 48.0 Å². The Bertz CT molecular complexity index is 1190. The third-order valence-electron chi connectivity index (χ3n) is 4.44. The summed E-state index contributed by atoms with van der Waals surface area (Å²) in [5, 5.41) is 6.92. The number of aromatic nitrogens is 4. The van der Waals surface area contributed by atoms with Crippen molar-refractivity contribution in [1.29, 1.82) is 0 Å². The van der Waals surface area contributed by atoms with E-state index in [2.05, 4.69) is 20.4 Å². The monoisotopic (exact) mass is 379 g/mol. The number of benzene rings is 2. The summed E-state index contributed by atoms with van der Waals surface area (Å²) in [5.74, 6) is 0.956. The molecule has 0 saturated heterocycles. The Morgan fingerprint density at radius 2 is 1.85 bits per heavy atom. The highest BCUT2D eigenvalue weighted by atomic mass is 35.5. The molecule has 0 fully saturated rings. The van der Waals surface area contributed by atoms with Gasteiger partial charge in [0.15, 0.2) is 5.82 Å². The number of rotatable bonds is 4. The van der Waals surface area contributed by atoms with Crippen LogP contribution in [-0.2, 0) is 6.54 Å². The van der Waals surface area contributed by atoms with Crippen LogP contribution in [0, 0.1) is 13.8 Å². The van der Waals surface area contributed by atoms with Crippen LogP contribution in [0.15, 0.2) is 53.3 Å². The smallest absolute Gasteiger partial charge is 0.274 e. The minimum Gasteiger partial charge on any atom is -0.378 e. The normalized spacial score (nSPS) is 11.1. The molecule has 0 saturated carbocycles. The molecule has 0 unspecified atom stereocenters. The second kappa shape index (κ2) is 6.89. The molecule has 0 amide bonds. The van der Waals surface area contributed by atoms with Gasteiger partial charge >= 0.3 is 0 Å². The highest BCUT2D eigenvalue weighted by molar-refractivity contribution is 6.33. The van der Waals surface area contributed by atoms with Crippen LogP contribution in [0.4, 0.5) is 5.69 Å². The number of H-pyrrole nitrogens is 1. The third kappa shape index (κ3) is 3.31. The SMILES string of the molecule is Cc1ccccc1-c1nc2nc(CNc3cccc(C)c3Cl)cc(=O)n2[nH]1. The first-order valence-electron chi connectivity index (χ1n) is 8.56. The van der Waals surface area contributed by atoms with E-state index in [4.69, 9.17) is 11.6 Å². The lowest BCUT2D eigenvalue weighted by Gasteiger charge is -2.09. The molecule has 0 aliphatic heterocycles. The van der Waals surface area contributed by atoms with Gasteiger partial charge in [-0.15, -0.1) is 0 Å². The average molecular weight is 380 g/mol. The summed E-state index contributed by atoms with van der Waals surface area (Å²) in [4.78, 5) is 21.4. The van der Waals surface area contributed by atoms with Gasteiger partial charge in [-0.05, 0) is 31.0 Å². The molecule has 27 heavy (non-hydrogen) atoms. The van der Waals surface area contributed by atoms with Crippen molar-refractivity contribution in [1.82, 2.24) is 19.6 Å². The van der Waals surface area contributed by atoms with Crippen LogP contribution < -0.4 is 10.9 Å². The van der Waals surface area contributed by atoms with Gasteiger partial charge in [0.25, 0.3) is 11.3 Å². The van der Waals surface area contributed by atoms with Gasteiger partial charge in [-0.25, -0.2) is 4.98 Å². The fourth-order valence-electron chi connectivity index (χ4n) is 2.95. The van der Waals surface area contributed by atoms with E-state index in [0.717, 1.165) is 22.4 Å². The molecule has 0 aliphatic rings. The molecule has 7 heteroatoms. The first kappa shape index (κ1) is 17.3. The molecule has 2 aromatic carbocycles. The fourth-order valence-corrected chi connectivity index (χ4v) is 3.14. The number of aromatic amines is 1. The molecular weight excluding hydrogens is 362 g/mol. The molecule has 0 atom stereocenters. The molecule has 136 valence electrons. The Hall–Kier alpha value is -3.12. The van der Waals surface area contributed by atoms with Gasteiger partial charge in [0, 0.05) is 11.6 Å². The van der Waals surface area contributed by atoms with Crippen LogP contribution in [0.25, 0.3) is 17.2 Å². The van der Waals surface area contributed by atoms with Crippen molar-refractivity contribution in [3.8, 4) is 11.4 Å². The number of nitrogens with zero attached hydrogens (tertiary/aromatic N) is 3. The van der Waals surface area contributed by atoms with Crippen LogP contribution in [0.5, 0.6) is 0 Å². The zero-order valence-electron chi connectivity index (χ0n) is 15.0. The second-order valence-electron chi connectivity index (χ2n) is 6.40. The van der Waals surface area contributed by atoms with Crippen LogP contribution >= 0.6 is 11.6 Å². The van der Waals surface area contributed by atoms with Crippen molar-refractivity contribution in [2.45, 2.75) is 20.4 Å². The Labute approximate surface area is 160 Å². The zero-order valence-corrected chi connectivity index (χ0v) is 15.7. The van der Waals surface area contributed by atoms with Gasteiger partial charge in [-0.3, -0.25) is 9.89 Å². The maximum Gasteiger partial charge on any atom is 0.274 e. The second-order valence-corrected chi connectivity index (χ2v) is 6.78. The maximum absolute atomic E-state index is 12.5. The molecule has 0 radical (unpaired) electrons. The topological polar surface area (TPSA) is 75.1 Å². The molecule has 0 aliphatic carbocycles. The van der Waals surface area contributed by atoms with Crippen LogP contribution in [0.2, 0.25) is 5.02 Å². The Morgan fingerprint density at radius 1 is 1.07 bits per heavy atom. The highest BCUT2D eigenvalue weighted by Gasteiger charge is 2.11. The van der Waals surface area contributed by atoms with E-state index in [1.165, 1.54) is 10.6 Å². The summed E-state index contributed by atoms with van der Waals surface area (Å²) in [7, 11) is 0. The lowest BCUT2D eigenvalue weighted by Crippen LogP contribution is -2.17. The molecule has 0 bridgehead atoms. The van der Waals surface area contributed by atoms with Crippen LogP contribution in [-0.4, -0.2) is 19.6 Å². The van der Waals surface area contributed by atoms with E-state index in [1.54, 1.807) is 0 Å². The first-order valence-corrected chi connectivity index (χ1v) is 8.94. The molecule has 2 aromatic heterocycles. The molecule has 2 N–H and O–H groups in total. The number of nitrogens with one attached hydrogen (secondary N) is 2. The Morgan fingerprint density at radius 3 is 2.67 bits per heavy atom. The quantitative estimate of drug-likeness (QED) is 0.562. The minimum absolute atomic E-state index is 0.209. The summed E-state index contributed by atoms with van der Waals surface area (Å²) < 4.78 is 1.35. The average Bonchev–Trinajstić information content (AvgIpc) is 3.08. The van der Waals surface area contributed by atoms with E-state index in [-0.39, 0.29) is 5.56 Å². The number of anilines is 1. The zero-order chi connectivity index (χ0) is 19.0. The standard InChI is InChI=1S/C20H18ClN5O/c1-12-6-3-4-8-15(12)19-24-20-23-14(10-17(27)26(20)25-19)11-22-16-9-5-7-13(2)18(16)21/h3-10,22H,11H2,1-2H3,(H,23,24,25). The van der Waals surface area contributed by atoms with Gasteiger partial charge < -0.3 is 5.32 Å². The van der Waals surface area contributed by atoms with E-state index >= 15 is 0 Å². The predicted molar refractivity (Wildman–Crippen MR) is 107 cm³/mol. The summed E-state index contributed by atoms with van der Waals surface area (Å²) in [6.45, 7) is 4.32. The molecule has 4 rings (SSSR count). The number of halogens is 1. The van der Waals surface area contributed by atoms with Crippen molar-refractivity contribution in [2.24, 2.45) is 0 Å². The van der Waals surface area contributed by atoms with E-state index in [9.17, 15) is 4.79 Å². The minimum atomic E-state index is -0.209. The van der Waals surface area contributed by atoms with Gasteiger partial charge in [-0.2, -0.15) is 9.50 Å². The number of fused-ring (bicyclic) bond motifs is 1. The lowest BCUT2D eigenvalue weighted by atomic mass is 10.1.